The molecule has 0 N–H and O–H groups in total. The molecule has 2 heteroatoms. The maximum atomic E-state index is 10.4. The Hall–Kier alpha value is -1.31. The van der Waals surface area contributed by atoms with Crippen LogP contribution in [0, 0.1) is 0 Å². The zero-order valence-electron chi connectivity index (χ0n) is 7.79. The lowest BCUT2D eigenvalue weighted by atomic mass is 10.0. The number of rotatable bonds is 2. The van der Waals surface area contributed by atoms with Crippen LogP contribution in [-0.4, -0.2) is 19.9 Å². The van der Waals surface area contributed by atoms with E-state index < -0.39 is 0 Å². The molecule has 0 saturated heterocycles. The number of likely N-dealkylation sites (N-methyl/N-ethyl adjacent to an activating group) is 1. The predicted octanol–water partition coefficient (Wildman–Crippen LogP) is 1.42. The average molecular weight is 175 g/mol. The van der Waals surface area contributed by atoms with E-state index in [0.717, 1.165) is 19.3 Å². The van der Waals surface area contributed by atoms with Gasteiger partial charge in [-0.15, -0.1) is 0 Å². The van der Waals surface area contributed by atoms with Gasteiger partial charge in [-0.05, 0) is 23.6 Å². The van der Waals surface area contributed by atoms with Gasteiger partial charge in [0.15, 0.2) is 0 Å². The summed E-state index contributed by atoms with van der Waals surface area (Å²) in [6, 6.07) is 6.20. The molecule has 2 nitrogen and oxygen atoms in total. The number of carbonyl (C=O) groups is 1. The van der Waals surface area contributed by atoms with Crippen LogP contribution in [0.3, 0.4) is 0 Å². The highest BCUT2D eigenvalue weighted by Gasteiger charge is 2.17. The third-order valence-corrected chi connectivity index (χ3v) is 2.66. The van der Waals surface area contributed by atoms with Gasteiger partial charge in [-0.3, -0.25) is 0 Å². The maximum Gasteiger partial charge on any atom is 0.124 e. The second-order valence-electron chi connectivity index (χ2n) is 3.46. The van der Waals surface area contributed by atoms with Crippen LogP contribution in [0.5, 0.6) is 0 Å². The highest BCUT2D eigenvalue weighted by molar-refractivity contribution is 5.65. The van der Waals surface area contributed by atoms with Gasteiger partial charge in [0, 0.05) is 25.7 Å². The highest BCUT2D eigenvalue weighted by Crippen LogP contribution is 2.29. The number of aldehydes is 1. The van der Waals surface area contributed by atoms with E-state index >= 15 is 0 Å². The molecule has 1 aliphatic heterocycles. The van der Waals surface area contributed by atoms with Crippen molar-refractivity contribution in [3.63, 3.8) is 0 Å². The summed E-state index contributed by atoms with van der Waals surface area (Å²) in [5.41, 5.74) is 3.84. The van der Waals surface area contributed by atoms with Crippen molar-refractivity contribution in [3.05, 3.63) is 29.3 Å². The SMILES string of the molecule is CN1CCc2c(CC=O)cccc21. The number of fused-ring (bicyclic) bond motifs is 1. The van der Waals surface area contributed by atoms with Crippen LogP contribution >= 0.6 is 0 Å². The van der Waals surface area contributed by atoms with E-state index in [1.165, 1.54) is 16.8 Å². The molecule has 68 valence electrons. The number of hydrogen-bond acceptors (Lipinski definition) is 2. The van der Waals surface area contributed by atoms with E-state index in [9.17, 15) is 4.79 Å². The van der Waals surface area contributed by atoms with Crippen molar-refractivity contribution in [1.29, 1.82) is 0 Å². The first-order valence-corrected chi connectivity index (χ1v) is 4.58. The standard InChI is InChI=1S/C11H13NO/c1-12-7-5-10-9(6-8-13)3-2-4-11(10)12/h2-4,8H,5-7H2,1H3. The summed E-state index contributed by atoms with van der Waals surface area (Å²) >= 11 is 0. The average Bonchev–Trinajstić information content (AvgIpc) is 2.50. The molecule has 0 radical (unpaired) electrons. The topological polar surface area (TPSA) is 20.3 Å². The molecule has 0 aliphatic carbocycles. The summed E-state index contributed by atoms with van der Waals surface area (Å²) < 4.78 is 0. The monoisotopic (exact) mass is 175 g/mol. The molecule has 0 amide bonds. The fourth-order valence-corrected chi connectivity index (χ4v) is 1.95. The lowest BCUT2D eigenvalue weighted by molar-refractivity contribution is -0.107. The quantitative estimate of drug-likeness (QED) is 0.633. The summed E-state index contributed by atoms with van der Waals surface area (Å²) in [6.07, 6.45) is 2.61. The second kappa shape index (κ2) is 3.21. The Bertz CT molecular complexity index is 333. The molecule has 0 unspecified atom stereocenters. The molecular formula is C11H13NO. The number of nitrogens with zero attached hydrogens (tertiary/aromatic N) is 1. The molecular weight excluding hydrogens is 162 g/mol. The molecule has 13 heavy (non-hydrogen) atoms. The van der Waals surface area contributed by atoms with Gasteiger partial charge < -0.3 is 9.69 Å². The lowest BCUT2D eigenvalue weighted by Crippen LogP contribution is -2.12. The highest BCUT2D eigenvalue weighted by atomic mass is 16.1. The molecule has 1 aromatic carbocycles. The maximum absolute atomic E-state index is 10.4. The Morgan fingerprint density at radius 3 is 3.15 bits per heavy atom. The summed E-state index contributed by atoms with van der Waals surface area (Å²) in [6.45, 7) is 1.07. The van der Waals surface area contributed by atoms with Crippen molar-refractivity contribution in [3.8, 4) is 0 Å². The third-order valence-electron chi connectivity index (χ3n) is 2.66. The van der Waals surface area contributed by atoms with Crippen LogP contribution in [0.15, 0.2) is 18.2 Å². The van der Waals surface area contributed by atoms with Crippen LogP contribution in [0.1, 0.15) is 11.1 Å². The van der Waals surface area contributed by atoms with Gasteiger partial charge in [0.1, 0.15) is 6.29 Å². The zero-order chi connectivity index (χ0) is 9.26. The fourth-order valence-electron chi connectivity index (χ4n) is 1.95. The molecule has 0 aromatic heterocycles. The van der Waals surface area contributed by atoms with Crippen LogP contribution in [-0.2, 0) is 17.6 Å². The van der Waals surface area contributed by atoms with Crippen molar-refractivity contribution >= 4 is 12.0 Å². The normalized spacial score (nSPS) is 14.4. The molecule has 0 atom stereocenters. The van der Waals surface area contributed by atoms with E-state index in [1.54, 1.807) is 0 Å². The number of carbonyl (C=O) groups excluding carboxylic acids is 1. The van der Waals surface area contributed by atoms with E-state index in [2.05, 4.69) is 18.0 Å². The minimum atomic E-state index is 0.553. The largest absolute Gasteiger partial charge is 0.374 e. The number of anilines is 1. The first kappa shape index (κ1) is 8.30. The molecule has 0 bridgehead atoms. The van der Waals surface area contributed by atoms with Gasteiger partial charge in [0.2, 0.25) is 0 Å². The van der Waals surface area contributed by atoms with E-state index in [1.807, 2.05) is 12.1 Å². The van der Waals surface area contributed by atoms with Gasteiger partial charge in [-0.25, -0.2) is 0 Å². The van der Waals surface area contributed by atoms with Crippen molar-refractivity contribution in [2.45, 2.75) is 12.8 Å². The lowest BCUT2D eigenvalue weighted by Gasteiger charge is -2.12. The zero-order valence-corrected chi connectivity index (χ0v) is 7.79. The van der Waals surface area contributed by atoms with E-state index in [4.69, 9.17) is 0 Å². The molecule has 0 fully saturated rings. The van der Waals surface area contributed by atoms with Gasteiger partial charge in [0.05, 0.1) is 0 Å². The summed E-state index contributed by atoms with van der Waals surface area (Å²) in [4.78, 5) is 12.7. The molecule has 0 spiro atoms. The Morgan fingerprint density at radius 1 is 1.54 bits per heavy atom. The summed E-state index contributed by atoms with van der Waals surface area (Å²) in [5, 5.41) is 0. The number of benzene rings is 1. The second-order valence-corrected chi connectivity index (χ2v) is 3.46. The van der Waals surface area contributed by atoms with Gasteiger partial charge >= 0.3 is 0 Å². The molecule has 1 aromatic rings. The van der Waals surface area contributed by atoms with Crippen molar-refractivity contribution in [2.75, 3.05) is 18.5 Å². The van der Waals surface area contributed by atoms with Crippen molar-refractivity contribution in [1.82, 2.24) is 0 Å². The first-order valence-electron chi connectivity index (χ1n) is 4.58. The third kappa shape index (κ3) is 1.32. The Labute approximate surface area is 78.2 Å². The smallest absolute Gasteiger partial charge is 0.124 e. The van der Waals surface area contributed by atoms with Crippen LogP contribution in [0.25, 0.3) is 0 Å². The molecule has 1 heterocycles. The first-order chi connectivity index (χ1) is 6.33. The Balaban J connectivity index is 2.44. The van der Waals surface area contributed by atoms with E-state index in [-0.39, 0.29) is 0 Å². The minimum absolute atomic E-state index is 0.553. The molecule has 2 rings (SSSR count). The van der Waals surface area contributed by atoms with Gasteiger partial charge in [0.25, 0.3) is 0 Å². The Morgan fingerprint density at radius 2 is 2.38 bits per heavy atom. The van der Waals surface area contributed by atoms with Crippen LogP contribution < -0.4 is 4.90 Å². The number of hydrogen-bond donors (Lipinski definition) is 0. The van der Waals surface area contributed by atoms with Crippen LogP contribution in [0.4, 0.5) is 5.69 Å². The summed E-state index contributed by atoms with van der Waals surface area (Å²) in [7, 11) is 2.09. The fraction of sp³-hybridized carbons (Fsp3) is 0.364. The predicted molar refractivity (Wildman–Crippen MR) is 53.2 cm³/mol. The van der Waals surface area contributed by atoms with E-state index in [0.29, 0.717) is 6.42 Å². The van der Waals surface area contributed by atoms with Crippen molar-refractivity contribution < 1.29 is 4.79 Å². The Kier molecular flexibility index (Phi) is 2.05. The van der Waals surface area contributed by atoms with Gasteiger partial charge in [-0.1, -0.05) is 12.1 Å². The molecule has 1 aliphatic rings. The summed E-state index contributed by atoms with van der Waals surface area (Å²) in [5.74, 6) is 0. The van der Waals surface area contributed by atoms with Gasteiger partial charge in [-0.2, -0.15) is 0 Å². The minimum Gasteiger partial charge on any atom is -0.374 e. The van der Waals surface area contributed by atoms with Crippen LogP contribution in [0.2, 0.25) is 0 Å². The molecule has 0 saturated carbocycles. The van der Waals surface area contributed by atoms with Crippen molar-refractivity contribution in [2.24, 2.45) is 0 Å².